The van der Waals surface area contributed by atoms with E-state index in [1.165, 1.54) is 18.2 Å². The Hall–Kier alpha value is -1.04. The van der Waals surface area contributed by atoms with Crippen LogP contribution in [0, 0.1) is 11.8 Å². The summed E-state index contributed by atoms with van der Waals surface area (Å²) >= 11 is 1.42. The predicted molar refractivity (Wildman–Crippen MR) is 80.7 cm³/mol. The van der Waals surface area contributed by atoms with Crippen molar-refractivity contribution in [2.24, 2.45) is 11.8 Å². The molecule has 2 atom stereocenters. The zero-order chi connectivity index (χ0) is 14.7. The summed E-state index contributed by atoms with van der Waals surface area (Å²) in [6.45, 7) is 10.3. The van der Waals surface area contributed by atoms with Crippen molar-refractivity contribution >= 4 is 17.7 Å². The highest BCUT2D eigenvalue weighted by molar-refractivity contribution is 7.99. The molecule has 0 aliphatic carbocycles. The number of piperidine rings is 1. The van der Waals surface area contributed by atoms with Gasteiger partial charge in [0, 0.05) is 19.0 Å². The van der Waals surface area contributed by atoms with Gasteiger partial charge in [0.15, 0.2) is 0 Å². The van der Waals surface area contributed by atoms with Gasteiger partial charge in [-0.25, -0.2) is 4.98 Å². The maximum Gasteiger partial charge on any atom is 0.233 e. The van der Waals surface area contributed by atoms with E-state index in [-0.39, 0.29) is 5.91 Å². The van der Waals surface area contributed by atoms with Gasteiger partial charge in [0.25, 0.3) is 0 Å². The molecular weight excluding hydrogens is 272 g/mol. The third-order valence-electron chi connectivity index (χ3n) is 3.58. The third-order valence-corrected chi connectivity index (χ3v) is 4.41. The van der Waals surface area contributed by atoms with E-state index in [4.69, 9.17) is 0 Å². The van der Waals surface area contributed by atoms with Crippen molar-refractivity contribution in [1.82, 2.24) is 20.1 Å². The SMILES string of the molecule is CC(C)c1nc(SCC(=O)N2C[C@H](C)C[C@@H](C)C2)n[nH]1. The lowest BCUT2D eigenvalue weighted by Gasteiger charge is -2.34. The summed E-state index contributed by atoms with van der Waals surface area (Å²) in [6.07, 6.45) is 1.22. The van der Waals surface area contributed by atoms with Crippen molar-refractivity contribution in [3.63, 3.8) is 0 Å². The Morgan fingerprint density at radius 3 is 2.60 bits per heavy atom. The highest BCUT2D eigenvalue weighted by Crippen LogP contribution is 2.22. The molecule has 0 unspecified atom stereocenters. The van der Waals surface area contributed by atoms with Gasteiger partial charge >= 0.3 is 0 Å². The van der Waals surface area contributed by atoms with E-state index in [0.717, 1.165) is 18.9 Å². The minimum Gasteiger partial charge on any atom is -0.341 e. The van der Waals surface area contributed by atoms with Crippen LogP contribution in [0.25, 0.3) is 0 Å². The lowest BCUT2D eigenvalue weighted by atomic mass is 9.92. The molecule has 1 amide bonds. The largest absolute Gasteiger partial charge is 0.341 e. The number of amides is 1. The first-order valence-electron chi connectivity index (χ1n) is 7.28. The quantitative estimate of drug-likeness (QED) is 0.867. The van der Waals surface area contributed by atoms with E-state index in [2.05, 4.69) is 42.9 Å². The zero-order valence-corrected chi connectivity index (χ0v) is 13.5. The predicted octanol–water partition coefficient (Wildman–Crippen LogP) is 2.52. The molecule has 2 heterocycles. The number of carbonyl (C=O) groups is 1. The number of hydrogen-bond donors (Lipinski definition) is 1. The second-order valence-corrected chi connectivity index (χ2v) is 7.13. The molecule has 1 fully saturated rings. The number of carbonyl (C=O) groups excluding carboxylic acids is 1. The molecule has 0 saturated carbocycles. The Kier molecular flexibility index (Phi) is 5.07. The van der Waals surface area contributed by atoms with Crippen molar-refractivity contribution in [1.29, 1.82) is 0 Å². The number of rotatable bonds is 4. The molecule has 1 saturated heterocycles. The van der Waals surface area contributed by atoms with Gasteiger partial charge in [0.05, 0.1) is 5.75 Å². The van der Waals surface area contributed by atoms with Crippen LogP contribution in [0.3, 0.4) is 0 Å². The van der Waals surface area contributed by atoms with Crippen LogP contribution < -0.4 is 0 Å². The summed E-state index contributed by atoms with van der Waals surface area (Å²) in [5.41, 5.74) is 0. The van der Waals surface area contributed by atoms with Gasteiger partial charge in [-0.05, 0) is 18.3 Å². The second kappa shape index (κ2) is 6.61. The molecule has 0 bridgehead atoms. The van der Waals surface area contributed by atoms with Crippen molar-refractivity contribution in [2.75, 3.05) is 18.8 Å². The van der Waals surface area contributed by atoms with Gasteiger partial charge in [-0.3, -0.25) is 9.89 Å². The van der Waals surface area contributed by atoms with E-state index in [0.29, 0.717) is 28.7 Å². The van der Waals surface area contributed by atoms with Crippen LogP contribution in [0.4, 0.5) is 0 Å². The first-order valence-corrected chi connectivity index (χ1v) is 8.27. The van der Waals surface area contributed by atoms with Crippen LogP contribution in [0.1, 0.15) is 45.9 Å². The first kappa shape index (κ1) is 15.4. The average Bonchev–Trinajstić information content (AvgIpc) is 2.83. The number of likely N-dealkylation sites (tertiary alicyclic amines) is 1. The number of nitrogens with zero attached hydrogens (tertiary/aromatic N) is 3. The van der Waals surface area contributed by atoms with Crippen LogP contribution in [0.5, 0.6) is 0 Å². The summed E-state index contributed by atoms with van der Waals surface area (Å²) in [6, 6.07) is 0. The molecule has 1 N–H and O–H groups in total. The van der Waals surface area contributed by atoms with E-state index in [9.17, 15) is 4.79 Å². The lowest BCUT2D eigenvalue weighted by molar-refractivity contribution is -0.130. The Morgan fingerprint density at radius 2 is 2.05 bits per heavy atom. The number of thioether (sulfide) groups is 1. The summed E-state index contributed by atoms with van der Waals surface area (Å²) in [7, 11) is 0. The highest BCUT2D eigenvalue weighted by atomic mass is 32.2. The van der Waals surface area contributed by atoms with Crippen LogP contribution in [0.15, 0.2) is 5.16 Å². The van der Waals surface area contributed by atoms with Gasteiger partial charge in [-0.2, -0.15) is 0 Å². The fourth-order valence-electron chi connectivity index (χ4n) is 2.67. The first-order chi connectivity index (χ1) is 9.45. The van der Waals surface area contributed by atoms with Crippen molar-refractivity contribution in [3.8, 4) is 0 Å². The number of hydrogen-bond acceptors (Lipinski definition) is 4. The molecule has 20 heavy (non-hydrogen) atoms. The summed E-state index contributed by atoms with van der Waals surface area (Å²) in [5, 5.41) is 7.72. The molecule has 6 heteroatoms. The standard InChI is InChI=1S/C14H24N4OS/c1-9(2)13-15-14(17-16-13)20-8-12(19)18-6-10(3)5-11(4)7-18/h9-11H,5-8H2,1-4H3,(H,15,16,17)/t10-,11-/m1/s1. The van der Waals surface area contributed by atoms with Crippen molar-refractivity contribution < 1.29 is 4.79 Å². The van der Waals surface area contributed by atoms with Crippen molar-refractivity contribution in [3.05, 3.63) is 5.82 Å². The monoisotopic (exact) mass is 296 g/mol. The number of aromatic amines is 1. The summed E-state index contributed by atoms with van der Waals surface area (Å²) in [4.78, 5) is 18.6. The van der Waals surface area contributed by atoms with Gasteiger partial charge in [-0.1, -0.05) is 39.5 Å². The van der Waals surface area contributed by atoms with E-state index >= 15 is 0 Å². The molecule has 112 valence electrons. The smallest absolute Gasteiger partial charge is 0.233 e. The maximum atomic E-state index is 12.2. The molecular formula is C14H24N4OS. The van der Waals surface area contributed by atoms with Gasteiger partial charge in [-0.15, -0.1) is 5.10 Å². The Morgan fingerprint density at radius 1 is 1.40 bits per heavy atom. The van der Waals surface area contributed by atoms with Crippen LogP contribution in [0.2, 0.25) is 0 Å². The minimum atomic E-state index is 0.198. The molecule has 1 aliphatic rings. The van der Waals surface area contributed by atoms with Crippen LogP contribution in [-0.2, 0) is 4.79 Å². The maximum absolute atomic E-state index is 12.2. The Bertz CT molecular complexity index is 450. The van der Waals surface area contributed by atoms with Gasteiger partial charge in [0.1, 0.15) is 5.82 Å². The van der Waals surface area contributed by atoms with E-state index in [1.807, 2.05) is 4.90 Å². The summed E-state index contributed by atoms with van der Waals surface area (Å²) in [5.74, 6) is 3.03. The molecule has 1 aromatic heterocycles. The Balaban J connectivity index is 1.85. The number of nitrogens with one attached hydrogen (secondary N) is 1. The molecule has 2 rings (SSSR count). The van der Waals surface area contributed by atoms with Crippen LogP contribution in [-0.4, -0.2) is 44.8 Å². The molecule has 0 radical (unpaired) electrons. The zero-order valence-electron chi connectivity index (χ0n) is 12.7. The molecule has 5 nitrogen and oxygen atoms in total. The third kappa shape index (κ3) is 3.98. The van der Waals surface area contributed by atoms with Crippen molar-refractivity contribution in [2.45, 2.75) is 45.2 Å². The minimum absolute atomic E-state index is 0.198. The van der Waals surface area contributed by atoms with Crippen LogP contribution >= 0.6 is 11.8 Å². The Labute approximate surface area is 124 Å². The number of H-pyrrole nitrogens is 1. The van der Waals surface area contributed by atoms with Gasteiger partial charge in [0.2, 0.25) is 11.1 Å². The average molecular weight is 296 g/mol. The normalized spacial score (nSPS) is 23.4. The molecule has 1 aliphatic heterocycles. The summed E-state index contributed by atoms with van der Waals surface area (Å²) < 4.78 is 0. The number of aromatic nitrogens is 3. The lowest BCUT2D eigenvalue weighted by Crippen LogP contribution is -2.43. The molecule has 0 spiro atoms. The molecule has 1 aromatic rings. The van der Waals surface area contributed by atoms with E-state index < -0.39 is 0 Å². The highest BCUT2D eigenvalue weighted by Gasteiger charge is 2.25. The second-order valence-electron chi connectivity index (χ2n) is 6.19. The fraction of sp³-hybridized carbons (Fsp3) is 0.786. The van der Waals surface area contributed by atoms with E-state index in [1.54, 1.807) is 0 Å². The topological polar surface area (TPSA) is 61.9 Å². The molecule has 0 aromatic carbocycles. The fourth-order valence-corrected chi connectivity index (χ4v) is 3.37. The van der Waals surface area contributed by atoms with Gasteiger partial charge < -0.3 is 4.90 Å².